The van der Waals surface area contributed by atoms with Crippen molar-refractivity contribution < 1.29 is 9.72 Å². The van der Waals surface area contributed by atoms with Crippen LogP contribution >= 0.6 is 11.6 Å². The molecule has 2 aromatic carbocycles. The lowest BCUT2D eigenvalue weighted by Gasteiger charge is -2.12. The van der Waals surface area contributed by atoms with Crippen LogP contribution in [0.15, 0.2) is 36.4 Å². The first kappa shape index (κ1) is 15.8. The van der Waals surface area contributed by atoms with Gasteiger partial charge in [0.05, 0.1) is 4.92 Å². The Bertz CT molecular complexity index is 747. The van der Waals surface area contributed by atoms with Gasteiger partial charge in [0.25, 0.3) is 5.69 Å². The van der Waals surface area contributed by atoms with Crippen molar-refractivity contribution in [2.24, 2.45) is 0 Å². The molecule has 0 bridgehead atoms. The maximum atomic E-state index is 12.0. The first-order chi connectivity index (χ1) is 10.4. The van der Waals surface area contributed by atoms with Crippen LogP contribution in [0, 0.1) is 24.0 Å². The number of carbonyl (C=O) groups excluding carboxylic acids is 1. The molecule has 2 N–H and O–H groups in total. The second kappa shape index (κ2) is 6.44. The van der Waals surface area contributed by atoms with Crippen LogP contribution in [0.2, 0.25) is 5.02 Å². The molecule has 22 heavy (non-hydrogen) atoms. The smallest absolute Gasteiger partial charge is 0.308 e. The number of amides is 2. The highest BCUT2D eigenvalue weighted by molar-refractivity contribution is 6.30. The van der Waals surface area contributed by atoms with Crippen LogP contribution < -0.4 is 10.6 Å². The number of urea groups is 1. The van der Waals surface area contributed by atoms with Crippen molar-refractivity contribution in [2.75, 3.05) is 10.6 Å². The molecule has 2 rings (SSSR count). The zero-order valence-electron chi connectivity index (χ0n) is 12.0. The Balaban J connectivity index is 2.25. The molecule has 0 aliphatic carbocycles. The number of nitrogens with one attached hydrogen (secondary N) is 2. The fourth-order valence-electron chi connectivity index (χ4n) is 1.95. The van der Waals surface area contributed by atoms with Crippen LogP contribution in [0.4, 0.5) is 21.9 Å². The van der Waals surface area contributed by atoms with Gasteiger partial charge >= 0.3 is 6.03 Å². The standard InChI is InChI=1S/C15H14ClN3O3/c1-9-6-7-13(19(21)22)14(10(9)2)18-15(20)17-12-5-3-4-11(16)8-12/h3-8H,1-2H3,(H2,17,18,20). The number of rotatable bonds is 3. The molecule has 2 aromatic rings. The van der Waals surface area contributed by atoms with Crippen LogP contribution in [0.25, 0.3) is 0 Å². The van der Waals surface area contributed by atoms with Crippen molar-refractivity contribution in [3.8, 4) is 0 Å². The molecule has 0 fully saturated rings. The monoisotopic (exact) mass is 319 g/mol. The summed E-state index contributed by atoms with van der Waals surface area (Å²) in [5, 5.41) is 16.7. The summed E-state index contributed by atoms with van der Waals surface area (Å²) in [6, 6.07) is 9.07. The van der Waals surface area contributed by atoms with E-state index in [0.717, 1.165) is 5.56 Å². The molecular formula is C15H14ClN3O3. The predicted octanol–water partition coefficient (Wildman–Crippen LogP) is 4.51. The van der Waals surface area contributed by atoms with E-state index in [1.807, 2.05) is 6.92 Å². The van der Waals surface area contributed by atoms with Crippen molar-refractivity contribution >= 4 is 34.7 Å². The highest BCUT2D eigenvalue weighted by atomic mass is 35.5. The van der Waals surface area contributed by atoms with Gasteiger partial charge in [0.2, 0.25) is 0 Å². The minimum atomic E-state index is -0.570. The topological polar surface area (TPSA) is 84.3 Å². The lowest BCUT2D eigenvalue weighted by molar-refractivity contribution is -0.384. The van der Waals surface area contributed by atoms with Crippen LogP contribution in [-0.2, 0) is 0 Å². The molecule has 0 radical (unpaired) electrons. The van der Waals surface area contributed by atoms with Crippen LogP contribution in [0.1, 0.15) is 11.1 Å². The van der Waals surface area contributed by atoms with Gasteiger partial charge < -0.3 is 10.6 Å². The van der Waals surface area contributed by atoms with E-state index in [2.05, 4.69) is 10.6 Å². The summed E-state index contributed by atoms with van der Waals surface area (Å²) in [4.78, 5) is 22.6. The number of halogens is 1. The Morgan fingerprint density at radius 2 is 1.91 bits per heavy atom. The summed E-state index contributed by atoms with van der Waals surface area (Å²) in [7, 11) is 0. The van der Waals surface area contributed by atoms with Crippen LogP contribution in [-0.4, -0.2) is 11.0 Å². The second-order valence-corrected chi connectivity index (χ2v) is 5.18. The minimum absolute atomic E-state index is 0.149. The second-order valence-electron chi connectivity index (χ2n) is 4.75. The fourth-order valence-corrected chi connectivity index (χ4v) is 2.14. The van der Waals surface area contributed by atoms with Gasteiger partial charge in [-0.25, -0.2) is 4.79 Å². The Labute approximate surface area is 132 Å². The van der Waals surface area contributed by atoms with Crippen molar-refractivity contribution in [3.05, 3.63) is 62.7 Å². The maximum Gasteiger partial charge on any atom is 0.323 e. The van der Waals surface area contributed by atoms with Gasteiger partial charge in [-0.3, -0.25) is 10.1 Å². The van der Waals surface area contributed by atoms with Gasteiger partial charge in [-0.2, -0.15) is 0 Å². The largest absolute Gasteiger partial charge is 0.323 e. The molecule has 0 aliphatic rings. The number of anilines is 2. The van der Waals surface area contributed by atoms with Crippen molar-refractivity contribution in [1.29, 1.82) is 0 Å². The third-order valence-corrected chi connectivity index (χ3v) is 3.47. The lowest BCUT2D eigenvalue weighted by Crippen LogP contribution is -2.21. The number of benzene rings is 2. The normalized spacial score (nSPS) is 10.1. The number of nitro groups is 1. The summed E-state index contributed by atoms with van der Waals surface area (Å²) in [6.07, 6.45) is 0. The summed E-state index contributed by atoms with van der Waals surface area (Å²) < 4.78 is 0. The van der Waals surface area contributed by atoms with Gasteiger partial charge in [-0.1, -0.05) is 23.7 Å². The first-order valence-corrected chi connectivity index (χ1v) is 6.84. The van der Waals surface area contributed by atoms with E-state index < -0.39 is 11.0 Å². The van der Waals surface area contributed by atoms with E-state index in [-0.39, 0.29) is 11.4 Å². The summed E-state index contributed by atoms with van der Waals surface area (Å²) in [5.41, 5.74) is 2.03. The lowest BCUT2D eigenvalue weighted by atomic mass is 10.1. The zero-order chi connectivity index (χ0) is 16.3. The van der Waals surface area contributed by atoms with Gasteiger partial charge in [-0.05, 0) is 43.2 Å². The van der Waals surface area contributed by atoms with E-state index >= 15 is 0 Å². The number of nitro benzene ring substituents is 1. The zero-order valence-corrected chi connectivity index (χ0v) is 12.8. The molecule has 0 saturated carbocycles. The number of aryl methyl sites for hydroxylation is 1. The Morgan fingerprint density at radius 3 is 2.55 bits per heavy atom. The van der Waals surface area contributed by atoms with Gasteiger partial charge in [0.15, 0.2) is 0 Å². The molecule has 0 aromatic heterocycles. The fraction of sp³-hybridized carbons (Fsp3) is 0.133. The molecule has 6 nitrogen and oxygen atoms in total. The molecule has 0 unspecified atom stereocenters. The van der Waals surface area contributed by atoms with E-state index in [9.17, 15) is 14.9 Å². The summed E-state index contributed by atoms with van der Waals surface area (Å²) in [5.74, 6) is 0. The molecule has 0 aliphatic heterocycles. The highest BCUT2D eigenvalue weighted by Gasteiger charge is 2.19. The number of carbonyl (C=O) groups is 1. The third-order valence-electron chi connectivity index (χ3n) is 3.23. The van der Waals surface area contributed by atoms with E-state index in [1.165, 1.54) is 6.07 Å². The maximum absolute atomic E-state index is 12.0. The van der Waals surface area contributed by atoms with Gasteiger partial charge in [-0.15, -0.1) is 0 Å². The molecule has 0 atom stereocenters. The van der Waals surface area contributed by atoms with Crippen molar-refractivity contribution in [3.63, 3.8) is 0 Å². The van der Waals surface area contributed by atoms with Gasteiger partial charge in [0.1, 0.15) is 5.69 Å². The average Bonchev–Trinajstić information content (AvgIpc) is 2.43. The van der Waals surface area contributed by atoms with E-state index in [4.69, 9.17) is 11.6 Å². The quantitative estimate of drug-likeness (QED) is 0.644. The molecule has 0 saturated heterocycles. The Hall–Kier alpha value is -2.60. The molecule has 0 heterocycles. The number of hydrogen-bond acceptors (Lipinski definition) is 3. The minimum Gasteiger partial charge on any atom is -0.308 e. The molecule has 2 amide bonds. The number of hydrogen-bond donors (Lipinski definition) is 2. The van der Waals surface area contributed by atoms with E-state index in [0.29, 0.717) is 16.3 Å². The molecular weight excluding hydrogens is 306 g/mol. The Kier molecular flexibility index (Phi) is 4.62. The summed E-state index contributed by atoms with van der Waals surface area (Å²) >= 11 is 5.84. The predicted molar refractivity (Wildman–Crippen MR) is 86.7 cm³/mol. The third kappa shape index (κ3) is 3.53. The SMILES string of the molecule is Cc1ccc([N+](=O)[O-])c(NC(=O)Nc2cccc(Cl)c2)c1C. The molecule has 0 spiro atoms. The molecule has 114 valence electrons. The van der Waals surface area contributed by atoms with E-state index in [1.54, 1.807) is 37.3 Å². The average molecular weight is 320 g/mol. The van der Waals surface area contributed by atoms with Gasteiger partial charge in [0, 0.05) is 16.8 Å². The molecule has 7 heteroatoms. The van der Waals surface area contributed by atoms with Crippen LogP contribution in [0.3, 0.4) is 0 Å². The van der Waals surface area contributed by atoms with Crippen molar-refractivity contribution in [1.82, 2.24) is 0 Å². The first-order valence-electron chi connectivity index (χ1n) is 6.46. The Morgan fingerprint density at radius 1 is 1.18 bits per heavy atom. The highest BCUT2D eigenvalue weighted by Crippen LogP contribution is 2.30. The van der Waals surface area contributed by atoms with Crippen molar-refractivity contribution in [2.45, 2.75) is 13.8 Å². The number of nitrogens with zero attached hydrogens (tertiary/aromatic N) is 1. The van der Waals surface area contributed by atoms with Crippen LogP contribution in [0.5, 0.6) is 0 Å². The summed E-state index contributed by atoms with van der Waals surface area (Å²) in [6.45, 7) is 3.54.